The van der Waals surface area contributed by atoms with E-state index in [1.54, 1.807) is 20.3 Å². The van der Waals surface area contributed by atoms with Crippen LogP contribution in [-0.4, -0.2) is 60.0 Å². The lowest BCUT2D eigenvalue weighted by Gasteiger charge is -2.48. The number of ether oxygens (including phenoxy) is 3. The molecule has 0 bridgehead atoms. The summed E-state index contributed by atoms with van der Waals surface area (Å²) >= 11 is 1.29. The molecule has 0 saturated carbocycles. The van der Waals surface area contributed by atoms with E-state index < -0.39 is 5.79 Å². The van der Waals surface area contributed by atoms with Crippen molar-refractivity contribution in [2.45, 2.75) is 82.4 Å². The van der Waals surface area contributed by atoms with Crippen molar-refractivity contribution in [2.75, 3.05) is 20.0 Å². The molecule has 0 spiro atoms. The predicted molar refractivity (Wildman–Crippen MR) is 153 cm³/mol. The molecule has 8 heteroatoms. The Labute approximate surface area is 231 Å². The highest BCUT2D eigenvalue weighted by atomic mass is 32.2. The van der Waals surface area contributed by atoms with Crippen LogP contribution >= 0.6 is 11.8 Å². The van der Waals surface area contributed by atoms with Gasteiger partial charge in [0, 0.05) is 37.9 Å². The van der Waals surface area contributed by atoms with Crippen molar-refractivity contribution in [2.24, 2.45) is 0 Å². The number of carbonyl (C=O) groups excluding carboxylic acids is 2. The zero-order valence-electron chi connectivity index (χ0n) is 22.9. The van der Waals surface area contributed by atoms with Crippen molar-refractivity contribution < 1.29 is 23.8 Å². The highest BCUT2D eigenvalue weighted by Crippen LogP contribution is 2.42. The lowest BCUT2D eigenvalue weighted by Crippen LogP contribution is -2.62. The number of hydrogen-bond acceptors (Lipinski definition) is 6. The zero-order valence-corrected chi connectivity index (χ0v) is 23.8. The van der Waals surface area contributed by atoms with E-state index >= 15 is 0 Å². The van der Waals surface area contributed by atoms with Crippen LogP contribution < -0.4 is 10.1 Å². The Morgan fingerprint density at radius 1 is 1.24 bits per heavy atom. The lowest BCUT2D eigenvalue weighted by molar-refractivity contribution is -0.294. The molecule has 2 amide bonds. The molecule has 2 saturated heterocycles. The van der Waals surface area contributed by atoms with Crippen LogP contribution in [0, 0.1) is 0 Å². The normalized spacial score (nSPS) is 25.8. The summed E-state index contributed by atoms with van der Waals surface area (Å²) in [6, 6.07) is 7.29. The minimum Gasteiger partial charge on any atom is -0.497 e. The van der Waals surface area contributed by atoms with Crippen molar-refractivity contribution in [3.8, 4) is 5.75 Å². The van der Waals surface area contributed by atoms with Gasteiger partial charge in [-0.05, 0) is 63.1 Å². The predicted octanol–water partition coefficient (Wildman–Crippen LogP) is 6.01. The number of unbranched alkanes of at least 4 members (excludes halogenated alkanes) is 1. The monoisotopic (exact) mass is 542 g/mol. The molecule has 2 aliphatic heterocycles. The van der Waals surface area contributed by atoms with Gasteiger partial charge in [-0.3, -0.25) is 9.59 Å². The van der Waals surface area contributed by atoms with E-state index in [2.05, 4.69) is 18.5 Å². The molecule has 38 heavy (non-hydrogen) atoms. The average molecular weight is 543 g/mol. The van der Waals surface area contributed by atoms with E-state index in [0.29, 0.717) is 25.1 Å². The highest BCUT2D eigenvalue weighted by Gasteiger charge is 2.53. The Morgan fingerprint density at radius 3 is 2.63 bits per heavy atom. The Hall–Kier alpha value is -2.55. The second-order valence-electron chi connectivity index (χ2n) is 10.0. The van der Waals surface area contributed by atoms with Gasteiger partial charge in [0.25, 0.3) is 5.24 Å². The molecule has 1 aromatic rings. The topological polar surface area (TPSA) is 77.1 Å². The second kappa shape index (κ2) is 14.6. The van der Waals surface area contributed by atoms with Crippen molar-refractivity contribution in [3.05, 3.63) is 66.8 Å². The summed E-state index contributed by atoms with van der Waals surface area (Å²) < 4.78 is 18.1. The van der Waals surface area contributed by atoms with Gasteiger partial charge in [-0.25, -0.2) is 0 Å². The largest absolute Gasteiger partial charge is 0.497 e. The van der Waals surface area contributed by atoms with Crippen molar-refractivity contribution in [1.29, 1.82) is 0 Å². The number of thioether (sulfide) groups is 1. The highest BCUT2D eigenvalue weighted by molar-refractivity contribution is 8.13. The van der Waals surface area contributed by atoms with E-state index in [9.17, 15) is 9.59 Å². The number of amides is 2. The third-order valence-electron chi connectivity index (χ3n) is 7.19. The maximum absolute atomic E-state index is 13.0. The number of nitrogens with one attached hydrogen (secondary N) is 1. The molecule has 2 fully saturated rings. The first-order valence-electron chi connectivity index (χ1n) is 13.3. The van der Waals surface area contributed by atoms with Crippen LogP contribution in [0.15, 0.2) is 61.2 Å². The molecular weight excluding hydrogens is 500 g/mol. The molecule has 0 radical (unpaired) electrons. The first-order chi connectivity index (χ1) is 18.3. The first kappa shape index (κ1) is 30.0. The summed E-state index contributed by atoms with van der Waals surface area (Å²) in [5, 5.41) is 3.20. The number of methoxy groups -OCH3 is 2. The Bertz CT molecular complexity index is 995. The number of carbonyl (C=O) groups is 2. The third-order valence-corrected chi connectivity index (χ3v) is 8.15. The smallest absolute Gasteiger partial charge is 0.282 e. The van der Waals surface area contributed by atoms with Crippen LogP contribution in [0.1, 0.15) is 57.4 Å². The second-order valence-corrected chi connectivity index (χ2v) is 11.0. The summed E-state index contributed by atoms with van der Waals surface area (Å²) in [5.74, 6) is 0.192. The molecule has 0 aromatic heterocycles. The molecule has 2 heterocycles. The molecule has 3 rings (SSSR count). The molecule has 1 N–H and O–H groups in total. The maximum atomic E-state index is 13.0. The van der Waals surface area contributed by atoms with E-state index in [1.807, 2.05) is 48.2 Å². The van der Waals surface area contributed by atoms with Crippen LogP contribution in [0.3, 0.4) is 0 Å². The molecular formula is C30H42N2O5S. The average Bonchev–Trinajstić information content (AvgIpc) is 3.28. The number of benzene rings is 1. The minimum atomic E-state index is -1.03. The van der Waals surface area contributed by atoms with E-state index in [0.717, 1.165) is 49.0 Å². The summed E-state index contributed by atoms with van der Waals surface area (Å²) in [7, 11) is 3.27. The van der Waals surface area contributed by atoms with Gasteiger partial charge in [0.15, 0.2) is 5.79 Å². The van der Waals surface area contributed by atoms with E-state index in [-0.39, 0.29) is 29.3 Å². The van der Waals surface area contributed by atoms with Crippen molar-refractivity contribution >= 4 is 22.9 Å². The van der Waals surface area contributed by atoms with Crippen molar-refractivity contribution in [1.82, 2.24) is 10.2 Å². The van der Waals surface area contributed by atoms with E-state index in [4.69, 9.17) is 14.2 Å². The lowest BCUT2D eigenvalue weighted by atomic mass is 9.89. The summed E-state index contributed by atoms with van der Waals surface area (Å²) in [6.07, 6.45) is 10.8. The van der Waals surface area contributed by atoms with Gasteiger partial charge in [0.1, 0.15) is 5.75 Å². The Kier molecular flexibility index (Phi) is 11.5. The van der Waals surface area contributed by atoms with Gasteiger partial charge in [-0.1, -0.05) is 41.6 Å². The molecule has 0 aliphatic carbocycles. The maximum Gasteiger partial charge on any atom is 0.282 e. The number of allylic oxidation sites excluding steroid dienone is 3. The fraction of sp³-hybridized carbons (Fsp3) is 0.533. The van der Waals surface area contributed by atoms with Gasteiger partial charge in [-0.2, -0.15) is 0 Å². The standard InChI is InChI=1S/C30H42N2O5S/c1-6-8-10-12-26-18-24(31-28(33)17-22(3)11-9-7-2)19-30(36-5,37-26)27-21-38-29(34)32(27)20-23-13-15-25(35-4)16-14-23/h6-7,13-17,24,26-27H,1-2,8-12,18-21H2,3-5H3,(H,31,33)/b22-17-/t24-,26?,27+,30-/m1/s1. The van der Waals surface area contributed by atoms with Gasteiger partial charge in [-0.15, -0.1) is 13.2 Å². The van der Waals surface area contributed by atoms with Gasteiger partial charge in [0.05, 0.1) is 19.3 Å². The fourth-order valence-electron chi connectivity index (χ4n) is 5.17. The molecule has 1 unspecified atom stereocenters. The molecule has 7 nitrogen and oxygen atoms in total. The zero-order chi connectivity index (χ0) is 27.5. The number of rotatable bonds is 14. The summed E-state index contributed by atoms with van der Waals surface area (Å²) in [4.78, 5) is 27.8. The van der Waals surface area contributed by atoms with Crippen molar-refractivity contribution in [3.63, 3.8) is 0 Å². The molecule has 2 aliphatic rings. The Balaban J connectivity index is 1.82. The quantitative estimate of drug-likeness (QED) is 0.176. The first-order valence-corrected chi connectivity index (χ1v) is 14.3. The van der Waals surface area contributed by atoms with Gasteiger partial charge < -0.3 is 24.4 Å². The molecule has 208 valence electrons. The molecule has 4 atom stereocenters. The number of nitrogens with zero attached hydrogens (tertiary/aromatic N) is 1. The van der Waals surface area contributed by atoms with Crippen LogP contribution in [0.5, 0.6) is 5.75 Å². The van der Waals surface area contributed by atoms with E-state index in [1.165, 1.54) is 11.8 Å². The Morgan fingerprint density at radius 2 is 1.97 bits per heavy atom. The van der Waals surface area contributed by atoms with Crippen LogP contribution in [0.25, 0.3) is 0 Å². The number of hydrogen-bond donors (Lipinski definition) is 1. The van der Waals surface area contributed by atoms with Gasteiger partial charge in [0.2, 0.25) is 5.91 Å². The third kappa shape index (κ3) is 7.98. The summed E-state index contributed by atoms with van der Waals surface area (Å²) in [6.45, 7) is 9.99. The minimum absolute atomic E-state index is 0.000913. The van der Waals surface area contributed by atoms with Crippen LogP contribution in [-0.2, 0) is 20.8 Å². The van der Waals surface area contributed by atoms with Crippen LogP contribution in [0.4, 0.5) is 4.79 Å². The van der Waals surface area contributed by atoms with Gasteiger partial charge >= 0.3 is 0 Å². The SMILES string of the molecule is C=CCCCC1C[C@@H](NC(=O)/C=C(/C)CCC=C)C[C@](OC)([C@@H]2CSC(=O)N2Cc2ccc(OC)cc2)O1. The summed E-state index contributed by atoms with van der Waals surface area (Å²) in [5.41, 5.74) is 2.01. The fourth-order valence-corrected chi connectivity index (χ4v) is 6.26. The van der Waals surface area contributed by atoms with Crippen LogP contribution in [0.2, 0.25) is 0 Å². The molecule has 1 aromatic carbocycles.